The van der Waals surface area contributed by atoms with E-state index in [2.05, 4.69) is 11.3 Å². The fourth-order valence-corrected chi connectivity index (χ4v) is 3.21. The van der Waals surface area contributed by atoms with E-state index in [9.17, 15) is 9.59 Å². The van der Waals surface area contributed by atoms with Crippen molar-refractivity contribution in [3.63, 3.8) is 0 Å². The van der Waals surface area contributed by atoms with Crippen molar-refractivity contribution in [3.05, 3.63) is 57.6 Å². The third-order valence-corrected chi connectivity index (χ3v) is 4.32. The smallest absolute Gasteiger partial charge is 0.282 e. The fourth-order valence-electron chi connectivity index (χ4n) is 2.70. The van der Waals surface area contributed by atoms with Crippen LogP contribution < -0.4 is 19.9 Å². The lowest BCUT2D eigenvalue weighted by Crippen LogP contribution is -2.35. The molecule has 0 aliphatic carbocycles. The standard InChI is InChI=1S/C21H16Cl2N2O4/c1-3-7-29-18-6-5-13(9-19(18)28-4-2)8-17-20(26)24-25(21(17)27)16-11-14(22)10-15(23)12-16/h1,5-6,8-12H,4,7H2,2H3,(H,24,26). The van der Waals surface area contributed by atoms with Gasteiger partial charge in [0.25, 0.3) is 11.8 Å². The zero-order valence-electron chi connectivity index (χ0n) is 15.4. The quantitative estimate of drug-likeness (QED) is 0.429. The van der Waals surface area contributed by atoms with Crippen LogP contribution in [0.2, 0.25) is 10.0 Å². The zero-order chi connectivity index (χ0) is 21.0. The minimum Gasteiger partial charge on any atom is -0.490 e. The molecule has 0 atom stereocenters. The van der Waals surface area contributed by atoms with Crippen molar-refractivity contribution in [2.45, 2.75) is 6.92 Å². The number of hydrogen-bond donors (Lipinski definition) is 1. The van der Waals surface area contributed by atoms with Crippen LogP contribution in [0.4, 0.5) is 5.69 Å². The summed E-state index contributed by atoms with van der Waals surface area (Å²) in [5.74, 6) is 2.25. The van der Waals surface area contributed by atoms with Crippen molar-refractivity contribution in [2.75, 3.05) is 18.2 Å². The van der Waals surface area contributed by atoms with Gasteiger partial charge in [-0.1, -0.05) is 35.2 Å². The summed E-state index contributed by atoms with van der Waals surface area (Å²) in [6.07, 6.45) is 6.69. The zero-order valence-corrected chi connectivity index (χ0v) is 16.9. The second-order valence-electron chi connectivity index (χ2n) is 5.90. The molecule has 0 unspecified atom stereocenters. The lowest BCUT2D eigenvalue weighted by molar-refractivity contribution is -0.117. The van der Waals surface area contributed by atoms with Gasteiger partial charge in [0.2, 0.25) is 0 Å². The van der Waals surface area contributed by atoms with E-state index in [1.54, 1.807) is 18.2 Å². The summed E-state index contributed by atoms with van der Waals surface area (Å²) in [5.41, 5.74) is 3.41. The first-order valence-electron chi connectivity index (χ1n) is 8.59. The highest BCUT2D eigenvalue weighted by Crippen LogP contribution is 2.31. The largest absolute Gasteiger partial charge is 0.490 e. The number of carbonyl (C=O) groups excluding carboxylic acids is 2. The van der Waals surface area contributed by atoms with Crippen molar-refractivity contribution in [3.8, 4) is 23.8 Å². The minimum atomic E-state index is -0.545. The molecule has 1 fully saturated rings. The molecule has 0 saturated carbocycles. The van der Waals surface area contributed by atoms with E-state index in [4.69, 9.17) is 39.1 Å². The lowest BCUT2D eigenvalue weighted by Gasteiger charge is -2.15. The molecule has 6 nitrogen and oxygen atoms in total. The summed E-state index contributed by atoms with van der Waals surface area (Å²) in [5, 5.41) is 1.78. The molecule has 1 N–H and O–H groups in total. The number of rotatable bonds is 6. The third-order valence-electron chi connectivity index (χ3n) is 3.89. The number of nitrogens with one attached hydrogen (secondary N) is 1. The number of ether oxygens (including phenoxy) is 2. The van der Waals surface area contributed by atoms with Gasteiger partial charge in [-0.25, -0.2) is 5.01 Å². The molecule has 0 aromatic heterocycles. The normalized spacial score (nSPS) is 14.7. The van der Waals surface area contributed by atoms with E-state index in [0.717, 1.165) is 5.01 Å². The molecule has 3 rings (SSSR count). The first kappa shape index (κ1) is 20.6. The highest BCUT2D eigenvalue weighted by Gasteiger charge is 2.34. The molecule has 8 heteroatoms. The molecule has 1 heterocycles. The Morgan fingerprint density at radius 3 is 2.48 bits per heavy atom. The van der Waals surface area contributed by atoms with Crippen LogP contribution in [0.5, 0.6) is 11.5 Å². The first-order valence-corrected chi connectivity index (χ1v) is 9.35. The molecular weight excluding hydrogens is 415 g/mol. The van der Waals surface area contributed by atoms with Crippen molar-refractivity contribution in [1.82, 2.24) is 5.43 Å². The molecular formula is C21H16Cl2N2O4. The van der Waals surface area contributed by atoms with E-state index in [-0.39, 0.29) is 12.2 Å². The van der Waals surface area contributed by atoms with Crippen molar-refractivity contribution in [2.24, 2.45) is 0 Å². The van der Waals surface area contributed by atoms with E-state index in [0.29, 0.717) is 39.4 Å². The minimum absolute atomic E-state index is 0.0409. The monoisotopic (exact) mass is 430 g/mol. The summed E-state index contributed by atoms with van der Waals surface area (Å²) >= 11 is 12.0. The van der Waals surface area contributed by atoms with Crippen molar-refractivity contribution < 1.29 is 19.1 Å². The number of carbonyl (C=O) groups is 2. The van der Waals surface area contributed by atoms with Gasteiger partial charge in [0.15, 0.2) is 11.5 Å². The van der Waals surface area contributed by atoms with Crippen LogP contribution in [0.1, 0.15) is 12.5 Å². The number of hydrogen-bond acceptors (Lipinski definition) is 4. The Bertz CT molecular complexity index is 1020. The van der Waals surface area contributed by atoms with E-state index in [1.807, 2.05) is 6.92 Å². The molecule has 1 saturated heterocycles. The second kappa shape index (κ2) is 8.91. The highest BCUT2D eigenvalue weighted by molar-refractivity contribution is 6.36. The summed E-state index contributed by atoms with van der Waals surface area (Å²) in [6.45, 7) is 2.34. The van der Waals surface area contributed by atoms with Crippen LogP contribution in [0.25, 0.3) is 6.08 Å². The Balaban J connectivity index is 1.91. The Morgan fingerprint density at radius 2 is 1.83 bits per heavy atom. The van der Waals surface area contributed by atoms with E-state index >= 15 is 0 Å². The number of hydrazine groups is 1. The molecule has 2 amide bonds. The van der Waals surface area contributed by atoms with E-state index < -0.39 is 11.8 Å². The molecule has 148 valence electrons. The maximum atomic E-state index is 12.8. The van der Waals surface area contributed by atoms with Gasteiger partial charge in [0.1, 0.15) is 12.2 Å². The molecule has 29 heavy (non-hydrogen) atoms. The molecule has 1 aliphatic rings. The van der Waals surface area contributed by atoms with Gasteiger partial charge >= 0.3 is 0 Å². The van der Waals surface area contributed by atoms with Gasteiger partial charge in [0, 0.05) is 10.0 Å². The fraction of sp³-hybridized carbons (Fsp3) is 0.143. The number of halogens is 2. The maximum Gasteiger partial charge on any atom is 0.282 e. The topological polar surface area (TPSA) is 67.9 Å². The number of amides is 2. The average molecular weight is 431 g/mol. The number of nitrogens with zero attached hydrogens (tertiary/aromatic N) is 1. The number of terminal acetylenes is 1. The van der Waals surface area contributed by atoms with Crippen LogP contribution in [0, 0.1) is 12.3 Å². The van der Waals surface area contributed by atoms with Gasteiger partial charge in [-0.05, 0) is 48.9 Å². The van der Waals surface area contributed by atoms with Crippen molar-refractivity contribution in [1.29, 1.82) is 0 Å². The summed E-state index contributed by atoms with van der Waals surface area (Å²) in [4.78, 5) is 25.1. The van der Waals surface area contributed by atoms with Gasteiger partial charge in [-0.15, -0.1) is 6.42 Å². The number of benzene rings is 2. The van der Waals surface area contributed by atoms with Gasteiger partial charge in [0.05, 0.1) is 12.3 Å². The third kappa shape index (κ3) is 4.65. The highest BCUT2D eigenvalue weighted by atomic mass is 35.5. The molecule has 1 aliphatic heterocycles. The van der Waals surface area contributed by atoms with Crippen molar-refractivity contribution >= 4 is 46.8 Å². The molecule has 2 aromatic carbocycles. The van der Waals surface area contributed by atoms with Crippen LogP contribution in [-0.4, -0.2) is 25.0 Å². The Labute approximate surface area is 178 Å². The first-order chi connectivity index (χ1) is 13.9. The van der Waals surface area contributed by atoms with Gasteiger partial charge in [-0.3, -0.25) is 15.0 Å². The predicted molar refractivity (Wildman–Crippen MR) is 112 cm³/mol. The van der Waals surface area contributed by atoms with Gasteiger partial charge in [-0.2, -0.15) is 0 Å². The summed E-state index contributed by atoms with van der Waals surface area (Å²) < 4.78 is 11.0. The van der Waals surface area contributed by atoms with E-state index in [1.165, 1.54) is 24.3 Å². The average Bonchev–Trinajstić information content (AvgIpc) is 2.95. The molecule has 2 aromatic rings. The Kier molecular flexibility index (Phi) is 6.32. The second-order valence-corrected chi connectivity index (χ2v) is 6.77. The summed E-state index contributed by atoms with van der Waals surface area (Å²) in [7, 11) is 0. The molecule has 0 radical (unpaired) electrons. The Morgan fingerprint density at radius 1 is 1.10 bits per heavy atom. The summed E-state index contributed by atoms with van der Waals surface area (Å²) in [6, 6.07) is 9.62. The van der Waals surface area contributed by atoms with Crippen LogP contribution in [-0.2, 0) is 9.59 Å². The molecule has 0 bridgehead atoms. The maximum absolute atomic E-state index is 12.8. The van der Waals surface area contributed by atoms with Crippen LogP contribution in [0.3, 0.4) is 0 Å². The van der Waals surface area contributed by atoms with Crippen LogP contribution in [0.15, 0.2) is 42.0 Å². The lowest BCUT2D eigenvalue weighted by atomic mass is 10.1. The van der Waals surface area contributed by atoms with Crippen LogP contribution >= 0.6 is 23.2 Å². The Hall–Kier alpha value is -3.14. The molecule has 0 spiro atoms. The SMILES string of the molecule is C#CCOc1ccc(C=C2C(=O)NN(c3cc(Cl)cc(Cl)c3)C2=O)cc1OCC. The predicted octanol–water partition coefficient (Wildman–Crippen LogP) is 3.87. The van der Waals surface area contributed by atoms with Gasteiger partial charge < -0.3 is 9.47 Å². The number of anilines is 1.